The molecule has 0 aromatic heterocycles. The van der Waals surface area contributed by atoms with Crippen LogP contribution in [0.2, 0.25) is 5.02 Å². The third-order valence-electron chi connectivity index (χ3n) is 3.16. The van der Waals surface area contributed by atoms with Gasteiger partial charge in [-0.15, -0.1) is 0 Å². The van der Waals surface area contributed by atoms with Crippen molar-refractivity contribution in [2.75, 3.05) is 0 Å². The minimum absolute atomic E-state index is 0.143. The molecule has 0 saturated heterocycles. The van der Waals surface area contributed by atoms with E-state index in [2.05, 4.69) is 0 Å². The zero-order valence-electron chi connectivity index (χ0n) is 10.5. The Kier molecular flexibility index (Phi) is 3.61. The van der Waals surface area contributed by atoms with Crippen LogP contribution in [0.3, 0.4) is 0 Å². The smallest absolute Gasteiger partial charge is 0.126 e. The number of rotatable bonds is 2. The summed E-state index contributed by atoms with van der Waals surface area (Å²) in [7, 11) is 0. The van der Waals surface area contributed by atoms with E-state index < -0.39 is 17.2 Å². The predicted octanol–water partition coefficient (Wildman–Crippen LogP) is 4.18. The Balaban J connectivity index is 2.54. The largest absolute Gasteiger partial charge is 0.381 e. The van der Waals surface area contributed by atoms with Gasteiger partial charge in [-0.25, -0.2) is 8.78 Å². The molecule has 4 heteroatoms. The van der Waals surface area contributed by atoms with Crippen molar-refractivity contribution in [2.45, 2.75) is 19.4 Å². The number of aliphatic hydroxyl groups is 1. The van der Waals surface area contributed by atoms with Gasteiger partial charge < -0.3 is 5.11 Å². The Bertz CT molecular complexity index is 603. The molecule has 0 bridgehead atoms. The summed E-state index contributed by atoms with van der Waals surface area (Å²) in [6.45, 7) is 3.31. The molecule has 0 aliphatic rings. The van der Waals surface area contributed by atoms with Gasteiger partial charge in [-0.05, 0) is 48.7 Å². The maximum absolute atomic E-state index is 13.2. The lowest BCUT2D eigenvalue weighted by molar-refractivity contribution is 0.101. The first-order chi connectivity index (χ1) is 8.80. The highest BCUT2D eigenvalue weighted by atomic mass is 35.5. The SMILES string of the molecule is Cc1ccc(C(C)(O)c2cc(F)cc(F)c2)cc1Cl. The minimum atomic E-state index is -1.51. The minimum Gasteiger partial charge on any atom is -0.381 e. The van der Waals surface area contributed by atoms with Gasteiger partial charge in [0.1, 0.15) is 17.2 Å². The lowest BCUT2D eigenvalue weighted by Crippen LogP contribution is -2.23. The topological polar surface area (TPSA) is 20.2 Å². The predicted molar refractivity (Wildman–Crippen MR) is 71.2 cm³/mol. The second-order valence-electron chi connectivity index (χ2n) is 4.69. The summed E-state index contributed by atoms with van der Waals surface area (Å²) < 4.78 is 26.5. The fraction of sp³-hybridized carbons (Fsp3) is 0.200. The third-order valence-corrected chi connectivity index (χ3v) is 3.57. The Labute approximate surface area is 115 Å². The van der Waals surface area contributed by atoms with Crippen LogP contribution in [-0.2, 0) is 5.60 Å². The summed E-state index contributed by atoms with van der Waals surface area (Å²) >= 11 is 6.01. The van der Waals surface area contributed by atoms with E-state index in [1.807, 2.05) is 6.92 Å². The van der Waals surface area contributed by atoms with Gasteiger partial charge in [0.05, 0.1) is 0 Å². The van der Waals surface area contributed by atoms with Crippen LogP contribution in [0.5, 0.6) is 0 Å². The summed E-state index contributed by atoms with van der Waals surface area (Å²) in [6.07, 6.45) is 0. The monoisotopic (exact) mass is 282 g/mol. The second kappa shape index (κ2) is 4.91. The molecule has 0 saturated carbocycles. The first-order valence-electron chi connectivity index (χ1n) is 5.76. The maximum atomic E-state index is 13.2. The Morgan fingerprint density at radius 2 is 1.58 bits per heavy atom. The van der Waals surface area contributed by atoms with Crippen LogP contribution >= 0.6 is 11.6 Å². The summed E-state index contributed by atoms with van der Waals surface area (Å²) in [6, 6.07) is 8.01. The Morgan fingerprint density at radius 1 is 1.00 bits per heavy atom. The van der Waals surface area contributed by atoms with E-state index >= 15 is 0 Å². The molecule has 0 amide bonds. The van der Waals surface area contributed by atoms with Crippen molar-refractivity contribution in [1.29, 1.82) is 0 Å². The van der Waals surface area contributed by atoms with Gasteiger partial charge in [0.15, 0.2) is 0 Å². The third kappa shape index (κ3) is 2.77. The molecule has 0 radical (unpaired) electrons. The van der Waals surface area contributed by atoms with Gasteiger partial charge in [0.2, 0.25) is 0 Å². The lowest BCUT2D eigenvalue weighted by atomic mass is 9.88. The van der Waals surface area contributed by atoms with Crippen LogP contribution in [-0.4, -0.2) is 5.11 Å². The molecule has 2 aromatic rings. The standard InChI is InChI=1S/C15H13ClF2O/c1-9-3-4-10(7-14(9)16)15(2,19)11-5-12(17)8-13(18)6-11/h3-8,19H,1-2H3. The molecule has 0 spiro atoms. The maximum Gasteiger partial charge on any atom is 0.126 e. The van der Waals surface area contributed by atoms with E-state index in [1.165, 1.54) is 6.92 Å². The molecule has 0 aliphatic carbocycles. The molecule has 0 aliphatic heterocycles. The quantitative estimate of drug-likeness (QED) is 0.876. The molecule has 1 atom stereocenters. The van der Waals surface area contributed by atoms with Gasteiger partial charge in [-0.2, -0.15) is 0 Å². The van der Waals surface area contributed by atoms with Crippen LogP contribution in [0.15, 0.2) is 36.4 Å². The Hall–Kier alpha value is -1.45. The van der Waals surface area contributed by atoms with Gasteiger partial charge >= 0.3 is 0 Å². The van der Waals surface area contributed by atoms with Crippen molar-refractivity contribution in [1.82, 2.24) is 0 Å². The molecular formula is C15H13ClF2O. The highest BCUT2D eigenvalue weighted by Crippen LogP contribution is 2.32. The van der Waals surface area contributed by atoms with E-state index in [0.29, 0.717) is 10.6 Å². The van der Waals surface area contributed by atoms with Gasteiger partial charge in [-0.3, -0.25) is 0 Å². The molecule has 2 rings (SSSR count). The second-order valence-corrected chi connectivity index (χ2v) is 5.10. The summed E-state index contributed by atoms with van der Waals surface area (Å²) in [5.41, 5.74) is -0.0232. The van der Waals surface area contributed by atoms with Crippen molar-refractivity contribution < 1.29 is 13.9 Å². The average molecular weight is 283 g/mol. The van der Waals surface area contributed by atoms with Crippen LogP contribution in [0.4, 0.5) is 8.78 Å². The van der Waals surface area contributed by atoms with E-state index in [0.717, 1.165) is 23.8 Å². The van der Waals surface area contributed by atoms with Crippen molar-refractivity contribution in [3.63, 3.8) is 0 Å². The lowest BCUT2D eigenvalue weighted by Gasteiger charge is -2.25. The molecule has 2 aromatic carbocycles. The molecule has 0 heterocycles. The number of hydrogen-bond donors (Lipinski definition) is 1. The molecule has 1 N–H and O–H groups in total. The van der Waals surface area contributed by atoms with Crippen LogP contribution in [0.1, 0.15) is 23.6 Å². The summed E-state index contributed by atoms with van der Waals surface area (Å²) in [5, 5.41) is 11.0. The average Bonchev–Trinajstić information content (AvgIpc) is 2.31. The fourth-order valence-electron chi connectivity index (χ4n) is 1.90. The van der Waals surface area contributed by atoms with Crippen molar-refractivity contribution >= 4 is 11.6 Å². The van der Waals surface area contributed by atoms with Crippen molar-refractivity contribution in [2.24, 2.45) is 0 Å². The van der Waals surface area contributed by atoms with E-state index in [-0.39, 0.29) is 5.56 Å². The first kappa shape index (κ1) is 14.0. The number of halogens is 3. The summed E-state index contributed by atoms with van der Waals surface area (Å²) in [4.78, 5) is 0. The number of hydrogen-bond acceptors (Lipinski definition) is 1. The van der Waals surface area contributed by atoms with Gasteiger partial charge in [0, 0.05) is 11.1 Å². The van der Waals surface area contributed by atoms with Crippen molar-refractivity contribution in [3.8, 4) is 0 Å². The molecule has 1 nitrogen and oxygen atoms in total. The van der Waals surface area contributed by atoms with E-state index in [4.69, 9.17) is 11.6 Å². The van der Waals surface area contributed by atoms with Gasteiger partial charge in [-0.1, -0.05) is 23.7 Å². The van der Waals surface area contributed by atoms with Crippen LogP contribution < -0.4 is 0 Å². The zero-order chi connectivity index (χ0) is 14.2. The molecule has 100 valence electrons. The molecule has 1 unspecified atom stereocenters. The normalized spacial score (nSPS) is 14.2. The highest BCUT2D eigenvalue weighted by Gasteiger charge is 2.27. The fourth-order valence-corrected chi connectivity index (χ4v) is 2.08. The van der Waals surface area contributed by atoms with E-state index in [1.54, 1.807) is 18.2 Å². The zero-order valence-corrected chi connectivity index (χ0v) is 11.3. The highest BCUT2D eigenvalue weighted by molar-refractivity contribution is 6.31. The summed E-state index contributed by atoms with van der Waals surface area (Å²) in [5.74, 6) is -1.46. The van der Waals surface area contributed by atoms with Crippen molar-refractivity contribution in [3.05, 3.63) is 69.7 Å². The van der Waals surface area contributed by atoms with Crippen LogP contribution in [0, 0.1) is 18.6 Å². The molecular weight excluding hydrogens is 270 g/mol. The first-order valence-corrected chi connectivity index (χ1v) is 6.14. The van der Waals surface area contributed by atoms with E-state index in [9.17, 15) is 13.9 Å². The van der Waals surface area contributed by atoms with Gasteiger partial charge in [0.25, 0.3) is 0 Å². The number of aryl methyl sites for hydroxylation is 1. The molecule has 19 heavy (non-hydrogen) atoms. The number of benzene rings is 2. The van der Waals surface area contributed by atoms with Crippen LogP contribution in [0.25, 0.3) is 0 Å². The molecule has 0 fully saturated rings. The Morgan fingerprint density at radius 3 is 2.11 bits per heavy atom.